The zero-order valence-electron chi connectivity index (χ0n) is 19.1. The standard InChI is InChI=1S/C26H20Cl2N4O4/c1-16-24(25(28)31(29-16)19-6-3-2-4-7-19)26(34)36-15-23(33)32-21(22-8-5-13-35-22)14-20(30-32)17-9-11-18(27)12-10-17/h2-13,21H,14-15H2,1H3. The van der Waals surface area contributed by atoms with E-state index in [1.807, 2.05) is 42.5 Å². The average Bonchev–Trinajstić information content (AvgIpc) is 3.62. The third-order valence-corrected chi connectivity index (χ3v) is 6.35. The number of halogens is 2. The molecule has 0 bridgehead atoms. The van der Waals surface area contributed by atoms with E-state index in [0.717, 1.165) is 5.56 Å². The second-order valence-electron chi connectivity index (χ2n) is 8.10. The molecule has 0 fully saturated rings. The van der Waals surface area contributed by atoms with Gasteiger partial charge in [-0.2, -0.15) is 10.2 Å². The lowest BCUT2D eigenvalue weighted by molar-refractivity contribution is -0.136. The number of esters is 1. The molecule has 0 spiro atoms. The van der Waals surface area contributed by atoms with Gasteiger partial charge in [0.1, 0.15) is 22.5 Å². The van der Waals surface area contributed by atoms with Gasteiger partial charge in [-0.15, -0.1) is 0 Å². The number of benzene rings is 2. The van der Waals surface area contributed by atoms with Crippen LogP contribution in [0.5, 0.6) is 0 Å². The summed E-state index contributed by atoms with van der Waals surface area (Å²) in [7, 11) is 0. The minimum Gasteiger partial charge on any atom is -0.467 e. The Labute approximate surface area is 216 Å². The van der Waals surface area contributed by atoms with Gasteiger partial charge >= 0.3 is 5.97 Å². The van der Waals surface area contributed by atoms with Gasteiger partial charge in [0.05, 0.1) is 23.4 Å². The molecule has 4 aromatic rings. The number of amides is 1. The summed E-state index contributed by atoms with van der Waals surface area (Å²) in [4.78, 5) is 26.0. The molecule has 10 heteroatoms. The van der Waals surface area contributed by atoms with Gasteiger partial charge < -0.3 is 9.15 Å². The molecule has 0 N–H and O–H groups in total. The molecule has 0 saturated carbocycles. The molecule has 2 aromatic heterocycles. The van der Waals surface area contributed by atoms with Gasteiger partial charge in [-0.25, -0.2) is 14.5 Å². The maximum Gasteiger partial charge on any atom is 0.343 e. The predicted octanol–water partition coefficient (Wildman–Crippen LogP) is 5.62. The first-order chi connectivity index (χ1) is 17.4. The van der Waals surface area contributed by atoms with Gasteiger partial charge in [-0.05, 0) is 48.9 Å². The van der Waals surface area contributed by atoms with Crippen LogP contribution in [0.1, 0.15) is 39.8 Å². The van der Waals surface area contributed by atoms with E-state index in [-0.39, 0.29) is 10.7 Å². The number of carbonyl (C=O) groups is 2. The SMILES string of the molecule is Cc1nn(-c2ccccc2)c(Cl)c1C(=O)OCC(=O)N1N=C(c2ccc(Cl)cc2)CC1c1ccco1. The number of aryl methyl sites for hydroxylation is 1. The quantitative estimate of drug-likeness (QED) is 0.306. The van der Waals surface area contributed by atoms with Crippen LogP contribution in [0.4, 0.5) is 0 Å². The van der Waals surface area contributed by atoms with Gasteiger partial charge in [0.25, 0.3) is 5.91 Å². The van der Waals surface area contributed by atoms with Crippen LogP contribution in [0.3, 0.4) is 0 Å². The lowest BCUT2D eigenvalue weighted by Crippen LogP contribution is -2.31. The van der Waals surface area contributed by atoms with E-state index < -0.39 is 24.5 Å². The van der Waals surface area contributed by atoms with Gasteiger partial charge in [0.2, 0.25) is 0 Å². The highest BCUT2D eigenvalue weighted by Crippen LogP contribution is 2.33. The van der Waals surface area contributed by atoms with Crippen LogP contribution in [-0.2, 0) is 9.53 Å². The number of rotatable bonds is 6. The number of hydrazone groups is 1. The zero-order chi connectivity index (χ0) is 25.2. The van der Waals surface area contributed by atoms with Crippen LogP contribution >= 0.6 is 23.2 Å². The van der Waals surface area contributed by atoms with Gasteiger partial charge in [0.15, 0.2) is 6.61 Å². The first-order valence-electron chi connectivity index (χ1n) is 11.1. The van der Waals surface area contributed by atoms with Gasteiger partial charge in [0, 0.05) is 11.4 Å². The molecule has 0 radical (unpaired) electrons. The highest BCUT2D eigenvalue weighted by atomic mass is 35.5. The Kier molecular flexibility index (Phi) is 6.63. The lowest BCUT2D eigenvalue weighted by Gasteiger charge is -2.19. The van der Waals surface area contributed by atoms with Crippen LogP contribution in [0, 0.1) is 6.92 Å². The van der Waals surface area contributed by atoms with Crippen molar-refractivity contribution in [2.45, 2.75) is 19.4 Å². The summed E-state index contributed by atoms with van der Waals surface area (Å²) in [5.41, 5.74) is 2.71. The van der Waals surface area contributed by atoms with E-state index in [9.17, 15) is 9.59 Å². The smallest absolute Gasteiger partial charge is 0.343 e. The number of para-hydroxylation sites is 1. The van der Waals surface area contributed by atoms with Crippen molar-refractivity contribution in [3.8, 4) is 5.69 Å². The fraction of sp³-hybridized carbons (Fsp3) is 0.154. The summed E-state index contributed by atoms with van der Waals surface area (Å²) in [5, 5.41) is 10.9. The van der Waals surface area contributed by atoms with E-state index in [1.54, 1.807) is 31.2 Å². The monoisotopic (exact) mass is 522 g/mol. The van der Waals surface area contributed by atoms with Crippen LogP contribution < -0.4 is 0 Å². The van der Waals surface area contributed by atoms with Gasteiger partial charge in [-0.3, -0.25) is 4.79 Å². The lowest BCUT2D eigenvalue weighted by atomic mass is 10.0. The Bertz CT molecular complexity index is 1430. The van der Waals surface area contributed by atoms with Crippen molar-refractivity contribution in [1.29, 1.82) is 0 Å². The van der Waals surface area contributed by atoms with Crippen molar-refractivity contribution in [2.24, 2.45) is 5.10 Å². The molecule has 2 aromatic carbocycles. The summed E-state index contributed by atoms with van der Waals surface area (Å²) >= 11 is 12.5. The Balaban J connectivity index is 1.34. The summed E-state index contributed by atoms with van der Waals surface area (Å²) in [5.74, 6) is -0.674. The molecule has 1 atom stereocenters. The zero-order valence-corrected chi connectivity index (χ0v) is 20.6. The Morgan fingerprint density at radius 3 is 2.50 bits per heavy atom. The predicted molar refractivity (Wildman–Crippen MR) is 134 cm³/mol. The molecule has 8 nitrogen and oxygen atoms in total. The topological polar surface area (TPSA) is 89.9 Å². The maximum absolute atomic E-state index is 13.1. The molecule has 1 aliphatic rings. The first-order valence-corrected chi connectivity index (χ1v) is 11.8. The fourth-order valence-corrected chi connectivity index (χ4v) is 4.47. The van der Waals surface area contributed by atoms with Crippen molar-refractivity contribution < 1.29 is 18.7 Å². The van der Waals surface area contributed by atoms with Crippen molar-refractivity contribution in [3.05, 3.63) is 106 Å². The normalized spacial score (nSPS) is 15.1. The summed E-state index contributed by atoms with van der Waals surface area (Å²) < 4.78 is 12.3. The van der Waals surface area contributed by atoms with Crippen LogP contribution in [0.2, 0.25) is 10.2 Å². The Morgan fingerprint density at radius 2 is 1.81 bits per heavy atom. The van der Waals surface area contributed by atoms with Crippen LogP contribution in [-0.4, -0.2) is 39.0 Å². The maximum atomic E-state index is 13.1. The van der Waals surface area contributed by atoms with Crippen molar-refractivity contribution >= 4 is 40.8 Å². The fourth-order valence-electron chi connectivity index (χ4n) is 4.00. The molecule has 36 heavy (non-hydrogen) atoms. The van der Waals surface area contributed by atoms with E-state index in [2.05, 4.69) is 10.2 Å². The number of ether oxygens (including phenoxy) is 1. The number of aromatic nitrogens is 2. The highest BCUT2D eigenvalue weighted by molar-refractivity contribution is 6.33. The van der Waals surface area contributed by atoms with Crippen molar-refractivity contribution in [2.75, 3.05) is 6.61 Å². The molecule has 0 saturated heterocycles. The second kappa shape index (κ2) is 10.0. The van der Waals surface area contributed by atoms with Crippen LogP contribution in [0.25, 0.3) is 5.69 Å². The number of nitrogens with zero attached hydrogens (tertiary/aromatic N) is 4. The molecule has 182 valence electrons. The largest absolute Gasteiger partial charge is 0.467 e. The molecular formula is C26H20Cl2N4O4. The first kappa shape index (κ1) is 23.8. The molecule has 1 amide bonds. The summed E-state index contributed by atoms with van der Waals surface area (Å²) in [6.45, 7) is 1.12. The molecule has 5 rings (SSSR count). The van der Waals surface area contributed by atoms with Crippen LogP contribution in [0.15, 0.2) is 82.5 Å². The number of hydrogen-bond donors (Lipinski definition) is 0. The second-order valence-corrected chi connectivity index (χ2v) is 8.90. The van der Waals surface area contributed by atoms with Crippen molar-refractivity contribution in [3.63, 3.8) is 0 Å². The molecular weight excluding hydrogens is 503 g/mol. The van der Waals surface area contributed by atoms with E-state index in [4.69, 9.17) is 32.4 Å². The molecule has 0 aliphatic carbocycles. The minimum absolute atomic E-state index is 0.0997. The van der Waals surface area contributed by atoms with Gasteiger partial charge in [-0.1, -0.05) is 53.5 Å². The van der Waals surface area contributed by atoms with Crippen molar-refractivity contribution in [1.82, 2.24) is 14.8 Å². The van der Waals surface area contributed by atoms with E-state index in [0.29, 0.717) is 34.3 Å². The Morgan fingerprint density at radius 1 is 1.06 bits per heavy atom. The highest BCUT2D eigenvalue weighted by Gasteiger charge is 2.35. The summed E-state index contributed by atoms with van der Waals surface area (Å²) in [6.07, 6.45) is 1.97. The number of hydrogen-bond acceptors (Lipinski definition) is 6. The van der Waals surface area contributed by atoms with E-state index in [1.165, 1.54) is 16.0 Å². The molecule has 1 unspecified atom stereocenters. The minimum atomic E-state index is -0.747. The third kappa shape index (κ3) is 4.65. The number of carbonyl (C=O) groups excluding carboxylic acids is 2. The average molecular weight is 523 g/mol. The molecule has 1 aliphatic heterocycles. The number of furan rings is 1. The summed E-state index contributed by atoms with van der Waals surface area (Å²) in [6, 6.07) is 19.4. The Hall–Kier alpha value is -3.88. The third-order valence-electron chi connectivity index (χ3n) is 5.75. The van der Waals surface area contributed by atoms with E-state index >= 15 is 0 Å². The molecule has 3 heterocycles.